The number of anilines is 1. The van der Waals surface area contributed by atoms with Crippen LogP contribution in [0.2, 0.25) is 0 Å². The van der Waals surface area contributed by atoms with Crippen LogP contribution in [0.5, 0.6) is 0 Å². The smallest absolute Gasteiger partial charge is 0.0702 e. The average Bonchev–Trinajstić information content (AvgIpc) is 3.09. The van der Waals surface area contributed by atoms with Gasteiger partial charge in [-0.05, 0) is 45.6 Å². The van der Waals surface area contributed by atoms with Crippen LogP contribution in [-0.4, -0.2) is 17.7 Å². The van der Waals surface area contributed by atoms with E-state index in [1.165, 1.54) is 24.1 Å². The number of hydrogen-bond acceptors (Lipinski definition) is 2. The Morgan fingerprint density at radius 3 is 2.59 bits per heavy atom. The van der Waals surface area contributed by atoms with E-state index in [0.29, 0.717) is 6.04 Å². The maximum Gasteiger partial charge on any atom is 0.0702 e. The van der Waals surface area contributed by atoms with Crippen molar-refractivity contribution in [2.24, 2.45) is 5.92 Å². The Labute approximate surface area is 104 Å². The van der Waals surface area contributed by atoms with E-state index in [9.17, 15) is 5.11 Å². The Morgan fingerprint density at radius 2 is 2.06 bits per heavy atom. The van der Waals surface area contributed by atoms with Gasteiger partial charge in [-0.15, -0.1) is 0 Å². The summed E-state index contributed by atoms with van der Waals surface area (Å²) in [5, 5.41) is 9.50. The van der Waals surface area contributed by atoms with E-state index >= 15 is 0 Å². The molecule has 2 nitrogen and oxygen atoms in total. The highest BCUT2D eigenvalue weighted by molar-refractivity contribution is 5.55. The topological polar surface area (TPSA) is 23.5 Å². The molecule has 1 aliphatic rings. The van der Waals surface area contributed by atoms with E-state index < -0.39 is 0 Å². The van der Waals surface area contributed by atoms with Crippen molar-refractivity contribution in [1.29, 1.82) is 0 Å². The van der Waals surface area contributed by atoms with Crippen LogP contribution >= 0.6 is 0 Å². The molecule has 0 radical (unpaired) electrons. The molecule has 1 aliphatic carbocycles. The van der Waals surface area contributed by atoms with Crippen LogP contribution in [0.3, 0.4) is 0 Å². The standard InChI is InChI=1S/C15H23NO/c1-11(2)16(9-13-5-6-13)15-7-4-12(3)8-14(15)10-17/h4,7-8,11,13,17H,5-6,9-10H2,1-3H3. The first-order chi connectivity index (χ1) is 8.11. The van der Waals surface area contributed by atoms with Gasteiger partial charge in [-0.2, -0.15) is 0 Å². The zero-order chi connectivity index (χ0) is 12.4. The van der Waals surface area contributed by atoms with Gasteiger partial charge in [0.05, 0.1) is 6.61 Å². The molecule has 1 saturated carbocycles. The lowest BCUT2D eigenvalue weighted by atomic mass is 10.1. The molecule has 0 unspecified atom stereocenters. The molecule has 0 saturated heterocycles. The van der Waals surface area contributed by atoms with Crippen LogP contribution in [0.15, 0.2) is 18.2 Å². The van der Waals surface area contributed by atoms with Gasteiger partial charge in [-0.3, -0.25) is 0 Å². The molecule has 0 aliphatic heterocycles. The minimum absolute atomic E-state index is 0.130. The van der Waals surface area contributed by atoms with Crippen LogP contribution in [0.4, 0.5) is 5.69 Å². The maximum atomic E-state index is 9.50. The first-order valence-corrected chi connectivity index (χ1v) is 6.59. The van der Waals surface area contributed by atoms with Crippen LogP contribution in [0, 0.1) is 12.8 Å². The molecule has 2 rings (SSSR count). The predicted octanol–water partition coefficient (Wildman–Crippen LogP) is 3.11. The fourth-order valence-corrected chi connectivity index (χ4v) is 2.29. The third-order valence-corrected chi connectivity index (χ3v) is 3.49. The Bertz CT molecular complexity index is 383. The Balaban J connectivity index is 2.26. The Kier molecular flexibility index (Phi) is 3.72. The van der Waals surface area contributed by atoms with Crippen LogP contribution in [-0.2, 0) is 6.61 Å². The molecule has 0 bridgehead atoms. The molecule has 0 amide bonds. The minimum Gasteiger partial charge on any atom is -0.392 e. The molecule has 2 heteroatoms. The highest BCUT2D eigenvalue weighted by Gasteiger charge is 2.26. The van der Waals surface area contributed by atoms with Crippen molar-refractivity contribution in [1.82, 2.24) is 0 Å². The van der Waals surface area contributed by atoms with Gasteiger partial charge in [0.2, 0.25) is 0 Å². The van der Waals surface area contributed by atoms with Crippen molar-refractivity contribution >= 4 is 5.69 Å². The molecule has 0 atom stereocenters. The zero-order valence-electron chi connectivity index (χ0n) is 11.1. The second kappa shape index (κ2) is 5.09. The summed E-state index contributed by atoms with van der Waals surface area (Å²) in [7, 11) is 0. The fraction of sp³-hybridized carbons (Fsp3) is 0.600. The number of nitrogens with zero attached hydrogens (tertiary/aromatic N) is 1. The van der Waals surface area contributed by atoms with Crippen LogP contribution < -0.4 is 4.90 Å². The SMILES string of the molecule is Cc1ccc(N(CC2CC2)C(C)C)c(CO)c1. The third kappa shape index (κ3) is 3.01. The molecular formula is C15H23NO. The Morgan fingerprint density at radius 1 is 1.35 bits per heavy atom. The molecular weight excluding hydrogens is 210 g/mol. The fourth-order valence-electron chi connectivity index (χ4n) is 2.29. The molecule has 0 heterocycles. The summed E-state index contributed by atoms with van der Waals surface area (Å²) in [5.74, 6) is 0.866. The van der Waals surface area contributed by atoms with Gasteiger partial charge in [0.15, 0.2) is 0 Å². The van der Waals surface area contributed by atoms with Gasteiger partial charge >= 0.3 is 0 Å². The van der Waals surface area contributed by atoms with E-state index in [-0.39, 0.29) is 6.61 Å². The van der Waals surface area contributed by atoms with E-state index in [1.807, 2.05) is 0 Å². The van der Waals surface area contributed by atoms with Gasteiger partial charge < -0.3 is 10.0 Å². The molecule has 94 valence electrons. The van der Waals surface area contributed by atoms with E-state index in [1.54, 1.807) is 0 Å². The van der Waals surface area contributed by atoms with Crippen molar-refractivity contribution < 1.29 is 5.11 Å². The van der Waals surface area contributed by atoms with Crippen LogP contribution in [0.1, 0.15) is 37.8 Å². The first kappa shape index (κ1) is 12.4. The summed E-state index contributed by atoms with van der Waals surface area (Å²) in [6.07, 6.45) is 2.73. The highest BCUT2D eigenvalue weighted by atomic mass is 16.3. The van der Waals surface area contributed by atoms with E-state index in [4.69, 9.17) is 0 Å². The van der Waals surface area contributed by atoms with Gasteiger partial charge in [0.1, 0.15) is 0 Å². The number of aliphatic hydroxyl groups excluding tert-OH is 1. The summed E-state index contributed by atoms with van der Waals surface area (Å²) >= 11 is 0. The maximum absolute atomic E-state index is 9.50. The number of benzene rings is 1. The predicted molar refractivity (Wildman–Crippen MR) is 72.3 cm³/mol. The van der Waals surface area contributed by atoms with Crippen LogP contribution in [0.25, 0.3) is 0 Å². The van der Waals surface area contributed by atoms with Gasteiger partial charge in [0.25, 0.3) is 0 Å². The van der Waals surface area contributed by atoms with Crippen molar-refractivity contribution in [2.45, 2.75) is 46.3 Å². The van der Waals surface area contributed by atoms with Gasteiger partial charge in [-0.1, -0.05) is 17.7 Å². The molecule has 1 aromatic carbocycles. The number of aryl methyl sites for hydroxylation is 1. The number of rotatable bonds is 5. The van der Waals surface area contributed by atoms with Gasteiger partial charge in [-0.25, -0.2) is 0 Å². The quantitative estimate of drug-likeness (QED) is 0.844. The minimum atomic E-state index is 0.130. The van der Waals surface area contributed by atoms with Crippen molar-refractivity contribution in [3.05, 3.63) is 29.3 Å². The summed E-state index contributed by atoms with van der Waals surface area (Å²) in [5.41, 5.74) is 3.48. The normalized spacial score (nSPS) is 15.4. The molecule has 1 fully saturated rings. The molecule has 1 aromatic rings. The third-order valence-electron chi connectivity index (χ3n) is 3.49. The van der Waals surface area contributed by atoms with Crippen molar-refractivity contribution in [2.75, 3.05) is 11.4 Å². The highest BCUT2D eigenvalue weighted by Crippen LogP contribution is 2.33. The molecule has 1 N–H and O–H groups in total. The largest absolute Gasteiger partial charge is 0.392 e. The van der Waals surface area contributed by atoms with Gasteiger partial charge in [0, 0.05) is 23.8 Å². The number of aliphatic hydroxyl groups is 1. The van der Waals surface area contributed by atoms with E-state index in [2.05, 4.69) is 43.9 Å². The lowest BCUT2D eigenvalue weighted by molar-refractivity contribution is 0.281. The van der Waals surface area contributed by atoms with E-state index in [0.717, 1.165) is 18.0 Å². The molecule has 0 spiro atoms. The zero-order valence-corrected chi connectivity index (χ0v) is 11.1. The first-order valence-electron chi connectivity index (χ1n) is 6.59. The molecule has 17 heavy (non-hydrogen) atoms. The Hall–Kier alpha value is -1.02. The molecule has 0 aromatic heterocycles. The lowest BCUT2D eigenvalue weighted by Gasteiger charge is -2.31. The lowest BCUT2D eigenvalue weighted by Crippen LogP contribution is -2.33. The summed E-state index contributed by atoms with van der Waals surface area (Å²) in [4.78, 5) is 2.43. The average molecular weight is 233 g/mol. The monoisotopic (exact) mass is 233 g/mol. The van der Waals surface area contributed by atoms with Crippen molar-refractivity contribution in [3.8, 4) is 0 Å². The number of hydrogen-bond donors (Lipinski definition) is 1. The second-order valence-corrected chi connectivity index (χ2v) is 5.48. The summed E-state index contributed by atoms with van der Waals surface area (Å²) < 4.78 is 0. The summed E-state index contributed by atoms with van der Waals surface area (Å²) in [6, 6.07) is 6.88. The van der Waals surface area contributed by atoms with Crippen molar-refractivity contribution in [3.63, 3.8) is 0 Å². The summed E-state index contributed by atoms with van der Waals surface area (Å²) in [6.45, 7) is 7.79. The second-order valence-electron chi connectivity index (χ2n) is 5.48.